The minimum atomic E-state index is -0.815. The lowest BCUT2D eigenvalue weighted by atomic mass is 10.0. The molecule has 0 spiro atoms. The normalized spacial score (nSPS) is 13.9. The minimum Gasteiger partial charge on any atom is -0.480 e. The Hall–Kier alpha value is -0.570. The van der Waals surface area contributed by atoms with Crippen LogP contribution in [-0.4, -0.2) is 22.7 Å². The van der Waals surface area contributed by atoms with E-state index in [0.29, 0.717) is 0 Å². The van der Waals surface area contributed by atoms with E-state index in [1.54, 1.807) is 13.8 Å². The van der Waals surface area contributed by atoms with Crippen molar-refractivity contribution in [2.75, 3.05) is 0 Å². The molecule has 0 aliphatic rings. The summed E-state index contributed by atoms with van der Waals surface area (Å²) in [4.78, 5) is 10.9. The fourth-order valence-electron chi connectivity index (χ4n) is 1.63. The van der Waals surface area contributed by atoms with Crippen LogP contribution in [0.25, 0.3) is 0 Å². The Bertz CT molecular complexity index is 190. The Morgan fingerprint density at radius 3 is 2.40 bits per heavy atom. The highest BCUT2D eigenvalue weighted by atomic mass is 16.4. The first kappa shape index (κ1) is 14.4. The summed E-state index contributed by atoms with van der Waals surface area (Å²) in [6.07, 6.45) is 5.99. The molecule has 90 valence electrons. The summed E-state index contributed by atoms with van der Waals surface area (Å²) in [5.74, 6) is -0.789. The first-order chi connectivity index (χ1) is 6.90. The number of carboxylic acids is 1. The number of unbranched alkanes of at least 4 members (excludes halogenated alkanes) is 3. The molecule has 15 heavy (non-hydrogen) atoms. The quantitative estimate of drug-likeness (QED) is 0.612. The van der Waals surface area contributed by atoms with Crippen molar-refractivity contribution >= 4 is 5.97 Å². The molecule has 0 saturated carbocycles. The highest BCUT2D eigenvalue weighted by Gasteiger charge is 2.27. The van der Waals surface area contributed by atoms with Crippen LogP contribution in [0.3, 0.4) is 0 Å². The van der Waals surface area contributed by atoms with Crippen LogP contribution in [0, 0.1) is 0 Å². The molecule has 1 unspecified atom stereocenters. The van der Waals surface area contributed by atoms with Crippen LogP contribution in [0.4, 0.5) is 0 Å². The SMILES string of the molecule is CCCCCCC(C)NC(C)(C)C(=O)O. The first-order valence-electron chi connectivity index (χ1n) is 5.91. The lowest BCUT2D eigenvalue weighted by Gasteiger charge is -2.26. The van der Waals surface area contributed by atoms with E-state index in [9.17, 15) is 4.79 Å². The number of hydrogen-bond donors (Lipinski definition) is 2. The van der Waals surface area contributed by atoms with E-state index in [0.717, 1.165) is 6.42 Å². The third-order valence-electron chi connectivity index (χ3n) is 2.63. The number of hydrogen-bond acceptors (Lipinski definition) is 2. The average molecular weight is 215 g/mol. The summed E-state index contributed by atoms with van der Waals surface area (Å²) in [6.45, 7) is 7.65. The van der Waals surface area contributed by atoms with E-state index < -0.39 is 11.5 Å². The number of carboxylic acid groups (broad SMARTS) is 1. The maximum atomic E-state index is 10.9. The summed E-state index contributed by atoms with van der Waals surface area (Å²) in [7, 11) is 0. The second-order valence-corrected chi connectivity index (χ2v) is 4.82. The number of aliphatic carboxylic acids is 1. The topological polar surface area (TPSA) is 49.3 Å². The second kappa shape index (κ2) is 6.83. The van der Waals surface area contributed by atoms with Crippen LogP contribution in [0.2, 0.25) is 0 Å². The van der Waals surface area contributed by atoms with E-state index in [-0.39, 0.29) is 6.04 Å². The van der Waals surface area contributed by atoms with E-state index in [1.807, 2.05) is 0 Å². The maximum absolute atomic E-state index is 10.9. The van der Waals surface area contributed by atoms with Crippen molar-refractivity contribution in [3.05, 3.63) is 0 Å². The summed E-state index contributed by atoms with van der Waals surface area (Å²) < 4.78 is 0. The van der Waals surface area contributed by atoms with Gasteiger partial charge in [-0.3, -0.25) is 10.1 Å². The minimum absolute atomic E-state index is 0.271. The van der Waals surface area contributed by atoms with Crippen molar-refractivity contribution in [3.63, 3.8) is 0 Å². The molecule has 0 aliphatic heterocycles. The third kappa shape index (κ3) is 6.50. The van der Waals surface area contributed by atoms with E-state index in [4.69, 9.17) is 5.11 Å². The molecule has 2 N–H and O–H groups in total. The molecule has 0 fully saturated rings. The zero-order chi connectivity index (χ0) is 11.9. The Kier molecular flexibility index (Phi) is 6.57. The summed E-state index contributed by atoms with van der Waals surface area (Å²) in [6, 6.07) is 0.271. The summed E-state index contributed by atoms with van der Waals surface area (Å²) >= 11 is 0. The fraction of sp³-hybridized carbons (Fsp3) is 0.917. The lowest BCUT2D eigenvalue weighted by molar-refractivity contribution is -0.143. The molecule has 3 nitrogen and oxygen atoms in total. The van der Waals surface area contributed by atoms with Gasteiger partial charge in [0.15, 0.2) is 0 Å². The van der Waals surface area contributed by atoms with Gasteiger partial charge in [-0.05, 0) is 27.2 Å². The maximum Gasteiger partial charge on any atom is 0.323 e. The highest BCUT2D eigenvalue weighted by molar-refractivity contribution is 5.77. The van der Waals surface area contributed by atoms with Gasteiger partial charge in [-0.1, -0.05) is 32.6 Å². The molecule has 0 heterocycles. The summed E-state index contributed by atoms with van der Waals surface area (Å²) in [5.41, 5.74) is -0.815. The molecule has 0 aromatic rings. The van der Waals surface area contributed by atoms with Crippen LogP contribution >= 0.6 is 0 Å². The molecule has 0 bridgehead atoms. The first-order valence-corrected chi connectivity index (χ1v) is 5.91. The van der Waals surface area contributed by atoms with Gasteiger partial charge >= 0.3 is 5.97 Å². The third-order valence-corrected chi connectivity index (χ3v) is 2.63. The summed E-state index contributed by atoms with van der Waals surface area (Å²) in [5, 5.41) is 12.1. The van der Waals surface area contributed by atoms with Gasteiger partial charge in [-0.15, -0.1) is 0 Å². The van der Waals surface area contributed by atoms with Gasteiger partial charge in [-0.25, -0.2) is 0 Å². The molecule has 0 aromatic heterocycles. The predicted octanol–water partition coefficient (Wildman–Crippen LogP) is 2.80. The van der Waals surface area contributed by atoms with Crippen molar-refractivity contribution in [1.82, 2.24) is 5.32 Å². The molecule has 1 atom stereocenters. The van der Waals surface area contributed by atoms with Crippen molar-refractivity contribution < 1.29 is 9.90 Å². The van der Waals surface area contributed by atoms with Crippen molar-refractivity contribution in [2.45, 2.75) is 71.4 Å². The standard InChI is InChI=1S/C12H25NO2/c1-5-6-7-8-9-10(2)13-12(3,4)11(14)15/h10,13H,5-9H2,1-4H3,(H,14,15). The smallest absolute Gasteiger partial charge is 0.323 e. The monoisotopic (exact) mass is 215 g/mol. The van der Waals surface area contributed by atoms with Gasteiger partial charge in [-0.2, -0.15) is 0 Å². The molecular weight excluding hydrogens is 190 g/mol. The van der Waals surface area contributed by atoms with Gasteiger partial charge in [0.1, 0.15) is 5.54 Å². The van der Waals surface area contributed by atoms with Crippen LogP contribution in [-0.2, 0) is 4.79 Å². The van der Waals surface area contributed by atoms with Crippen LogP contribution < -0.4 is 5.32 Å². The Morgan fingerprint density at radius 2 is 1.93 bits per heavy atom. The van der Waals surface area contributed by atoms with Crippen LogP contribution in [0.5, 0.6) is 0 Å². The van der Waals surface area contributed by atoms with Crippen molar-refractivity contribution in [2.24, 2.45) is 0 Å². The van der Waals surface area contributed by atoms with Crippen LogP contribution in [0.15, 0.2) is 0 Å². The van der Waals surface area contributed by atoms with E-state index in [1.165, 1.54) is 25.7 Å². The zero-order valence-electron chi connectivity index (χ0n) is 10.5. The second-order valence-electron chi connectivity index (χ2n) is 4.82. The Balaban J connectivity index is 3.73. The molecule has 0 amide bonds. The zero-order valence-corrected chi connectivity index (χ0v) is 10.5. The Labute approximate surface area is 93.3 Å². The number of carbonyl (C=O) groups is 1. The van der Waals surface area contributed by atoms with E-state index in [2.05, 4.69) is 19.2 Å². The largest absolute Gasteiger partial charge is 0.480 e. The molecule has 0 aromatic carbocycles. The highest BCUT2D eigenvalue weighted by Crippen LogP contribution is 2.09. The van der Waals surface area contributed by atoms with Crippen molar-refractivity contribution in [1.29, 1.82) is 0 Å². The van der Waals surface area contributed by atoms with E-state index >= 15 is 0 Å². The number of nitrogens with one attached hydrogen (secondary N) is 1. The molecule has 0 aliphatic carbocycles. The van der Waals surface area contributed by atoms with Crippen molar-refractivity contribution in [3.8, 4) is 0 Å². The molecular formula is C12H25NO2. The molecule has 0 rings (SSSR count). The fourth-order valence-corrected chi connectivity index (χ4v) is 1.63. The molecule has 0 radical (unpaired) electrons. The van der Waals surface area contributed by atoms with Gasteiger partial charge in [0, 0.05) is 6.04 Å². The Morgan fingerprint density at radius 1 is 1.33 bits per heavy atom. The van der Waals surface area contributed by atoms with Gasteiger partial charge in [0.05, 0.1) is 0 Å². The van der Waals surface area contributed by atoms with Gasteiger partial charge < -0.3 is 5.11 Å². The van der Waals surface area contributed by atoms with Gasteiger partial charge in [0.2, 0.25) is 0 Å². The molecule has 0 saturated heterocycles. The van der Waals surface area contributed by atoms with Gasteiger partial charge in [0.25, 0.3) is 0 Å². The predicted molar refractivity (Wildman–Crippen MR) is 63.1 cm³/mol. The van der Waals surface area contributed by atoms with Crippen LogP contribution in [0.1, 0.15) is 59.8 Å². The lowest BCUT2D eigenvalue weighted by Crippen LogP contribution is -2.50. The average Bonchev–Trinajstić information content (AvgIpc) is 2.11. The molecule has 3 heteroatoms. The number of rotatable bonds is 8.